The Balaban J connectivity index is 2.62. The van der Waals surface area contributed by atoms with Crippen LogP contribution < -0.4 is 14.8 Å². The van der Waals surface area contributed by atoms with Crippen molar-refractivity contribution in [2.45, 2.75) is 32.1 Å². The Morgan fingerprint density at radius 3 is 2.38 bits per heavy atom. The van der Waals surface area contributed by atoms with Crippen LogP contribution in [0.25, 0.3) is 0 Å². The molecule has 5 nitrogen and oxygen atoms in total. The third-order valence-electron chi connectivity index (χ3n) is 2.73. The fourth-order valence-electron chi connectivity index (χ4n) is 1.56. The molecule has 2 N–H and O–H groups in total. The molecule has 1 atom stereocenters. The van der Waals surface area contributed by atoms with Crippen LogP contribution in [0.4, 0.5) is 14.5 Å². The topological polar surface area (TPSA) is 67.4 Å². The summed E-state index contributed by atoms with van der Waals surface area (Å²) in [6.07, 6.45) is 0.922. The summed E-state index contributed by atoms with van der Waals surface area (Å²) in [4.78, 5) is 0. The lowest BCUT2D eigenvalue weighted by Gasteiger charge is -2.15. The number of alkyl halides is 2. The minimum absolute atomic E-state index is 0.0226. The third kappa shape index (κ3) is 6.26. The van der Waals surface area contributed by atoms with E-state index in [1.807, 2.05) is 6.92 Å². The molecule has 0 aromatic heterocycles. The summed E-state index contributed by atoms with van der Waals surface area (Å²) in [5, 5.41) is 2.42. The van der Waals surface area contributed by atoms with Crippen LogP contribution in [0, 0.1) is 0 Å². The third-order valence-corrected chi connectivity index (χ3v) is 4.47. The predicted molar refractivity (Wildman–Crippen MR) is 78.2 cm³/mol. The van der Waals surface area contributed by atoms with Gasteiger partial charge in [-0.05, 0) is 44.2 Å². The fourth-order valence-corrected chi connectivity index (χ4v) is 2.56. The number of rotatable bonds is 9. The van der Waals surface area contributed by atoms with Crippen molar-refractivity contribution in [1.29, 1.82) is 0 Å². The minimum Gasteiger partial charge on any atom is -0.435 e. The SMILES string of the molecule is CCCNCC(C)S(=O)(=O)Nc1ccc(OC(F)F)cc1. The van der Waals surface area contributed by atoms with Gasteiger partial charge >= 0.3 is 6.61 Å². The van der Waals surface area contributed by atoms with Gasteiger partial charge in [-0.3, -0.25) is 4.72 Å². The average molecular weight is 322 g/mol. The molecule has 1 aromatic carbocycles. The number of nitrogens with one attached hydrogen (secondary N) is 2. The lowest BCUT2D eigenvalue weighted by Crippen LogP contribution is -2.35. The summed E-state index contributed by atoms with van der Waals surface area (Å²) >= 11 is 0. The van der Waals surface area contributed by atoms with Gasteiger partial charge in [-0.2, -0.15) is 8.78 Å². The summed E-state index contributed by atoms with van der Waals surface area (Å²) in [6, 6.07) is 5.32. The molecule has 0 radical (unpaired) electrons. The molecule has 8 heteroatoms. The van der Waals surface area contributed by atoms with E-state index in [9.17, 15) is 17.2 Å². The van der Waals surface area contributed by atoms with Crippen molar-refractivity contribution in [3.05, 3.63) is 24.3 Å². The molecule has 0 fully saturated rings. The lowest BCUT2D eigenvalue weighted by molar-refractivity contribution is -0.0498. The predicted octanol–water partition coefficient (Wildman–Crippen LogP) is 2.42. The van der Waals surface area contributed by atoms with Gasteiger partial charge in [0.25, 0.3) is 0 Å². The van der Waals surface area contributed by atoms with E-state index >= 15 is 0 Å². The molecule has 1 unspecified atom stereocenters. The molecular weight excluding hydrogens is 302 g/mol. The average Bonchev–Trinajstić information content (AvgIpc) is 2.40. The molecule has 0 heterocycles. The first kappa shape index (κ1) is 17.6. The Morgan fingerprint density at radius 2 is 1.86 bits per heavy atom. The van der Waals surface area contributed by atoms with Gasteiger partial charge in [0.2, 0.25) is 10.0 Å². The number of benzene rings is 1. The molecular formula is C13H20F2N2O3S. The second kappa shape index (κ2) is 8.14. The Kier molecular flexibility index (Phi) is 6.83. The van der Waals surface area contributed by atoms with Crippen LogP contribution in [-0.4, -0.2) is 33.4 Å². The number of halogens is 2. The van der Waals surface area contributed by atoms with E-state index < -0.39 is 21.9 Å². The summed E-state index contributed by atoms with van der Waals surface area (Å²) in [6.45, 7) is 1.78. The van der Waals surface area contributed by atoms with E-state index in [0.717, 1.165) is 13.0 Å². The van der Waals surface area contributed by atoms with Crippen LogP contribution >= 0.6 is 0 Å². The van der Waals surface area contributed by atoms with Crippen LogP contribution in [0.5, 0.6) is 5.75 Å². The van der Waals surface area contributed by atoms with Gasteiger partial charge in [0.05, 0.1) is 5.25 Å². The van der Waals surface area contributed by atoms with Crippen LogP contribution in [0.3, 0.4) is 0 Å². The molecule has 120 valence electrons. The minimum atomic E-state index is -3.53. The van der Waals surface area contributed by atoms with Crippen LogP contribution in [0.15, 0.2) is 24.3 Å². The summed E-state index contributed by atoms with van der Waals surface area (Å²) in [5.41, 5.74) is 0.305. The number of sulfonamides is 1. The van der Waals surface area contributed by atoms with Gasteiger partial charge in [-0.25, -0.2) is 8.42 Å². The van der Waals surface area contributed by atoms with Crippen molar-refractivity contribution in [3.63, 3.8) is 0 Å². The summed E-state index contributed by atoms with van der Waals surface area (Å²) in [7, 11) is -3.53. The lowest BCUT2D eigenvalue weighted by atomic mass is 10.3. The maximum atomic E-state index is 12.1. The molecule has 0 aliphatic carbocycles. The Bertz CT molecular complexity index is 521. The van der Waals surface area contributed by atoms with E-state index in [2.05, 4.69) is 14.8 Å². The second-order valence-electron chi connectivity index (χ2n) is 4.56. The first-order valence-corrected chi connectivity index (χ1v) is 8.17. The molecule has 0 saturated heterocycles. The van der Waals surface area contributed by atoms with E-state index in [1.54, 1.807) is 6.92 Å². The van der Waals surface area contributed by atoms with Gasteiger partial charge in [-0.15, -0.1) is 0 Å². The molecule has 0 saturated carbocycles. The maximum Gasteiger partial charge on any atom is 0.387 e. The Hall–Kier alpha value is -1.41. The zero-order chi connectivity index (χ0) is 15.9. The summed E-state index contributed by atoms with van der Waals surface area (Å²) in [5.74, 6) is -0.0226. The highest BCUT2D eigenvalue weighted by molar-refractivity contribution is 7.93. The highest BCUT2D eigenvalue weighted by atomic mass is 32.2. The second-order valence-corrected chi connectivity index (χ2v) is 6.66. The van der Waals surface area contributed by atoms with E-state index in [1.165, 1.54) is 24.3 Å². The number of hydrogen-bond acceptors (Lipinski definition) is 4. The van der Waals surface area contributed by atoms with Gasteiger partial charge < -0.3 is 10.1 Å². The zero-order valence-corrected chi connectivity index (χ0v) is 12.8. The van der Waals surface area contributed by atoms with Crippen molar-refractivity contribution in [1.82, 2.24) is 5.32 Å². The largest absolute Gasteiger partial charge is 0.435 e. The molecule has 1 rings (SSSR count). The van der Waals surface area contributed by atoms with Crippen molar-refractivity contribution >= 4 is 15.7 Å². The van der Waals surface area contributed by atoms with Crippen LogP contribution in [0.1, 0.15) is 20.3 Å². The van der Waals surface area contributed by atoms with E-state index in [-0.39, 0.29) is 5.75 Å². The van der Waals surface area contributed by atoms with Gasteiger partial charge in [0, 0.05) is 12.2 Å². The number of ether oxygens (including phenoxy) is 1. The Labute approximate surface area is 123 Å². The van der Waals surface area contributed by atoms with Crippen molar-refractivity contribution in [2.75, 3.05) is 17.8 Å². The summed E-state index contributed by atoms with van der Waals surface area (Å²) < 4.78 is 54.7. The first-order valence-electron chi connectivity index (χ1n) is 6.62. The van der Waals surface area contributed by atoms with E-state index in [0.29, 0.717) is 12.2 Å². The van der Waals surface area contributed by atoms with Crippen molar-refractivity contribution < 1.29 is 21.9 Å². The first-order chi connectivity index (χ1) is 9.85. The Morgan fingerprint density at radius 1 is 1.24 bits per heavy atom. The van der Waals surface area contributed by atoms with Gasteiger partial charge in [0.1, 0.15) is 5.75 Å². The van der Waals surface area contributed by atoms with Crippen LogP contribution in [-0.2, 0) is 10.0 Å². The number of anilines is 1. The van der Waals surface area contributed by atoms with Crippen molar-refractivity contribution in [2.24, 2.45) is 0 Å². The monoisotopic (exact) mass is 322 g/mol. The quantitative estimate of drug-likeness (QED) is 0.685. The van der Waals surface area contributed by atoms with Gasteiger partial charge in [0.15, 0.2) is 0 Å². The maximum absolute atomic E-state index is 12.1. The highest BCUT2D eigenvalue weighted by Crippen LogP contribution is 2.19. The van der Waals surface area contributed by atoms with Gasteiger partial charge in [-0.1, -0.05) is 6.92 Å². The highest BCUT2D eigenvalue weighted by Gasteiger charge is 2.20. The molecule has 0 spiro atoms. The normalized spacial score (nSPS) is 13.2. The molecule has 0 aliphatic rings. The number of hydrogen-bond donors (Lipinski definition) is 2. The standard InChI is InChI=1S/C13H20F2N2O3S/c1-3-8-16-9-10(2)21(18,19)17-11-4-6-12(7-5-11)20-13(14)15/h4-7,10,13,16-17H,3,8-9H2,1-2H3. The molecule has 0 amide bonds. The fraction of sp³-hybridized carbons (Fsp3) is 0.538. The van der Waals surface area contributed by atoms with E-state index in [4.69, 9.17) is 0 Å². The zero-order valence-electron chi connectivity index (χ0n) is 12.0. The molecule has 1 aromatic rings. The molecule has 0 bridgehead atoms. The van der Waals surface area contributed by atoms with Crippen LogP contribution in [0.2, 0.25) is 0 Å². The smallest absolute Gasteiger partial charge is 0.387 e. The molecule has 0 aliphatic heterocycles. The van der Waals surface area contributed by atoms with Crippen molar-refractivity contribution in [3.8, 4) is 5.75 Å². The molecule has 21 heavy (non-hydrogen) atoms.